The van der Waals surface area contributed by atoms with Crippen LogP contribution < -0.4 is 0 Å². The van der Waals surface area contributed by atoms with Crippen molar-refractivity contribution < 1.29 is 19.4 Å². The third-order valence-corrected chi connectivity index (χ3v) is 2.60. The van der Waals surface area contributed by atoms with Crippen molar-refractivity contribution in [3.8, 4) is 0 Å². The van der Waals surface area contributed by atoms with Crippen LogP contribution in [-0.4, -0.2) is 32.8 Å². The molecule has 0 aliphatic heterocycles. The number of carbonyl (C=O) groups is 2. The zero-order valence-corrected chi connectivity index (χ0v) is 11.6. The number of hydrogen-bond donors (Lipinski definition) is 2. The van der Waals surface area contributed by atoms with Gasteiger partial charge in [0.15, 0.2) is 5.69 Å². The van der Waals surface area contributed by atoms with Crippen LogP contribution in [-0.2, 0) is 16.0 Å². The van der Waals surface area contributed by atoms with Gasteiger partial charge in [0.25, 0.3) is 0 Å². The van der Waals surface area contributed by atoms with E-state index in [4.69, 9.17) is 9.84 Å². The van der Waals surface area contributed by atoms with Crippen LogP contribution in [0.5, 0.6) is 0 Å². The van der Waals surface area contributed by atoms with Crippen molar-refractivity contribution in [2.24, 2.45) is 0 Å². The Morgan fingerprint density at radius 2 is 2.05 bits per heavy atom. The summed E-state index contributed by atoms with van der Waals surface area (Å²) >= 11 is 0. The molecule has 0 amide bonds. The van der Waals surface area contributed by atoms with E-state index in [0.29, 0.717) is 10.9 Å². The van der Waals surface area contributed by atoms with Crippen LogP contribution >= 0.6 is 0 Å². The summed E-state index contributed by atoms with van der Waals surface area (Å²) in [6.45, 7) is 5.42. The topological polar surface area (TPSA) is 92.3 Å². The highest BCUT2D eigenvalue weighted by Crippen LogP contribution is 2.18. The number of aromatic carboxylic acids is 1. The zero-order valence-electron chi connectivity index (χ0n) is 11.6. The molecule has 2 aromatic rings. The molecule has 0 unspecified atom stereocenters. The van der Waals surface area contributed by atoms with Gasteiger partial charge in [-0.3, -0.25) is 9.89 Å². The minimum atomic E-state index is -1.09. The highest BCUT2D eigenvalue weighted by molar-refractivity contribution is 6.01. The van der Waals surface area contributed by atoms with Crippen molar-refractivity contribution in [3.05, 3.63) is 29.5 Å². The summed E-state index contributed by atoms with van der Waals surface area (Å²) in [5, 5.41) is 15.9. The van der Waals surface area contributed by atoms with Gasteiger partial charge < -0.3 is 9.84 Å². The largest absolute Gasteiger partial charge is 0.476 e. The number of carbonyl (C=O) groups excluding carboxylic acids is 1. The van der Waals surface area contributed by atoms with Crippen molar-refractivity contribution in [1.29, 1.82) is 0 Å². The Morgan fingerprint density at radius 3 is 2.65 bits per heavy atom. The zero-order chi connectivity index (χ0) is 14.9. The Balaban J connectivity index is 2.21. The minimum absolute atomic E-state index is 0.0242. The monoisotopic (exact) mass is 276 g/mol. The molecular formula is C14H16N2O4. The van der Waals surface area contributed by atoms with Gasteiger partial charge in [-0.2, -0.15) is 5.10 Å². The molecule has 0 saturated carbocycles. The van der Waals surface area contributed by atoms with Crippen LogP contribution in [0.2, 0.25) is 0 Å². The lowest BCUT2D eigenvalue weighted by Crippen LogP contribution is -2.24. The fourth-order valence-corrected chi connectivity index (χ4v) is 1.88. The fourth-order valence-electron chi connectivity index (χ4n) is 1.88. The number of fused-ring (bicyclic) bond motifs is 1. The summed E-state index contributed by atoms with van der Waals surface area (Å²) in [6, 6.07) is 5.05. The third-order valence-electron chi connectivity index (χ3n) is 2.60. The first kappa shape index (κ1) is 14.0. The summed E-state index contributed by atoms with van der Waals surface area (Å²) in [7, 11) is 0. The number of carboxylic acid groups (broad SMARTS) is 1. The molecule has 0 aliphatic rings. The molecule has 2 rings (SSSR count). The SMILES string of the molecule is CC(C)(C)OC(=O)Cc1ccc2c(C(=O)O)n[nH]c2c1. The molecule has 1 aromatic carbocycles. The number of carboxylic acids is 1. The van der Waals surface area contributed by atoms with Crippen LogP contribution in [0, 0.1) is 0 Å². The van der Waals surface area contributed by atoms with Gasteiger partial charge in [-0.25, -0.2) is 4.79 Å². The second kappa shape index (κ2) is 4.96. The number of H-pyrrole nitrogens is 1. The van der Waals surface area contributed by atoms with E-state index in [1.807, 2.05) is 20.8 Å². The standard InChI is InChI=1S/C14H16N2O4/c1-14(2,3)20-11(17)7-8-4-5-9-10(6-8)15-16-12(9)13(18)19/h4-6H,7H2,1-3H3,(H,15,16)(H,18,19). The number of aromatic amines is 1. The molecule has 0 spiro atoms. The molecular weight excluding hydrogens is 260 g/mol. The van der Waals surface area contributed by atoms with Crippen LogP contribution in [0.1, 0.15) is 36.8 Å². The Morgan fingerprint density at radius 1 is 1.35 bits per heavy atom. The quantitative estimate of drug-likeness (QED) is 0.838. The smallest absolute Gasteiger partial charge is 0.357 e. The molecule has 2 N–H and O–H groups in total. The van der Waals surface area contributed by atoms with Crippen molar-refractivity contribution in [1.82, 2.24) is 10.2 Å². The number of ether oxygens (including phenoxy) is 1. The first-order chi connectivity index (χ1) is 9.26. The van der Waals surface area contributed by atoms with Crippen molar-refractivity contribution in [2.45, 2.75) is 32.8 Å². The average Bonchev–Trinajstić information content (AvgIpc) is 2.68. The number of nitrogens with zero attached hydrogens (tertiary/aromatic N) is 1. The molecule has 0 fully saturated rings. The molecule has 1 aromatic heterocycles. The maximum Gasteiger partial charge on any atom is 0.357 e. The summed E-state index contributed by atoms with van der Waals surface area (Å²) < 4.78 is 5.24. The van der Waals surface area contributed by atoms with Crippen LogP contribution in [0.25, 0.3) is 10.9 Å². The first-order valence-electron chi connectivity index (χ1n) is 6.18. The highest BCUT2D eigenvalue weighted by atomic mass is 16.6. The van der Waals surface area contributed by atoms with E-state index in [1.165, 1.54) is 0 Å². The lowest BCUT2D eigenvalue weighted by molar-refractivity contribution is -0.153. The molecule has 106 valence electrons. The van der Waals surface area contributed by atoms with Gasteiger partial charge in [-0.15, -0.1) is 0 Å². The van der Waals surface area contributed by atoms with Crippen molar-refractivity contribution >= 4 is 22.8 Å². The van der Waals surface area contributed by atoms with Crippen molar-refractivity contribution in [2.75, 3.05) is 0 Å². The van der Waals surface area contributed by atoms with E-state index in [-0.39, 0.29) is 18.1 Å². The third kappa shape index (κ3) is 3.14. The Hall–Kier alpha value is -2.37. The number of nitrogens with one attached hydrogen (secondary N) is 1. The van der Waals surface area contributed by atoms with E-state index in [2.05, 4.69) is 10.2 Å². The van der Waals surface area contributed by atoms with Gasteiger partial charge in [0.2, 0.25) is 0 Å². The second-order valence-corrected chi connectivity index (χ2v) is 5.52. The molecule has 0 bridgehead atoms. The molecule has 6 nitrogen and oxygen atoms in total. The number of rotatable bonds is 3. The molecule has 0 radical (unpaired) electrons. The maximum atomic E-state index is 11.7. The van der Waals surface area contributed by atoms with Crippen LogP contribution in [0.15, 0.2) is 18.2 Å². The fraction of sp³-hybridized carbons (Fsp3) is 0.357. The molecule has 0 atom stereocenters. The van der Waals surface area contributed by atoms with E-state index < -0.39 is 11.6 Å². The van der Waals surface area contributed by atoms with Crippen LogP contribution in [0.3, 0.4) is 0 Å². The number of aromatic nitrogens is 2. The molecule has 0 aliphatic carbocycles. The van der Waals surface area contributed by atoms with Gasteiger partial charge >= 0.3 is 11.9 Å². The highest BCUT2D eigenvalue weighted by Gasteiger charge is 2.17. The van der Waals surface area contributed by atoms with E-state index in [9.17, 15) is 9.59 Å². The predicted molar refractivity (Wildman–Crippen MR) is 72.6 cm³/mol. The van der Waals surface area contributed by atoms with Gasteiger partial charge in [0.05, 0.1) is 11.9 Å². The first-order valence-corrected chi connectivity index (χ1v) is 6.18. The summed E-state index contributed by atoms with van der Waals surface area (Å²) in [4.78, 5) is 22.7. The molecule has 20 heavy (non-hydrogen) atoms. The van der Waals surface area contributed by atoms with E-state index >= 15 is 0 Å². The normalized spacial score (nSPS) is 11.6. The average molecular weight is 276 g/mol. The Bertz CT molecular complexity index is 667. The minimum Gasteiger partial charge on any atom is -0.476 e. The van der Waals surface area contributed by atoms with Crippen molar-refractivity contribution in [3.63, 3.8) is 0 Å². The molecule has 0 saturated heterocycles. The number of esters is 1. The Labute approximate surface area is 115 Å². The predicted octanol–water partition coefficient (Wildman–Crippen LogP) is 2.15. The number of hydrogen-bond acceptors (Lipinski definition) is 4. The lowest BCUT2D eigenvalue weighted by atomic mass is 10.1. The summed E-state index contributed by atoms with van der Waals surface area (Å²) in [5.74, 6) is -1.41. The van der Waals surface area contributed by atoms with Crippen LogP contribution in [0.4, 0.5) is 0 Å². The van der Waals surface area contributed by atoms with Gasteiger partial charge in [-0.05, 0) is 32.4 Å². The molecule has 1 heterocycles. The Kier molecular flexibility index (Phi) is 3.48. The van der Waals surface area contributed by atoms with E-state index in [1.54, 1.807) is 18.2 Å². The summed E-state index contributed by atoms with van der Waals surface area (Å²) in [6.07, 6.45) is 0.134. The maximum absolute atomic E-state index is 11.7. The second-order valence-electron chi connectivity index (χ2n) is 5.52. The van der Waals surface area contributed by atoms with Gasteiger partial charge in [0, 0.05) is 5.39 Å². The van der Waals surface area contributed by atoms with Gasteiger partial charge in [0.1, 0.15) is 5.60 Å². The molecule has 6 heteroatoms. The lowest BCUT2D eigenvalue weighted by Gasteiger charge is -2.19. The van der Waals surface area contributed by atoms with Gasteiger partial charge in [-0.1, -0.05) is 12.1 Å². The van der Waals surface area contributed by atoms with E-state index in [0.717, 1.165) is 5.56 Å². The number of benzene rings is 1. The summed E-state index contributed by atoms with van der Waals surface area (Å²) in [5.41, 5.74) is 0.783.